The highest BCUT2D eigenvalue weighted by molar-refractivity contribution is 5.95. The Kier molecular flexibility index (Phi) is 4.46. The van der Waals surface area contributed by atoms with Crippen LogP contribution in [0.2, 0.25) is 0 Å². The Morgan fingerprint density at radius 1 is 1.35 bits per heavy atom. The van der Waals surface area contributed by atoms with E-state index in [0.29, 0.717) is 13.1 Å². The van der Waals surface area contributed by atoms with Crippen molar-refractivity contribution in [2.24, 2.45) is 0 Å². The van der Waals surface area contributed by atoms with Gasteiger partial charge in [-0.25, -0.2) is 4.39 Å². The first-order valence-electron chi connectivity index (χ1n) is 5.16. The van der Waals surface area contributed by atoms with Crippen LogP contribution in [0.3, 0.4) is 0 Å². The van der Waals surface area contributed by atoms with E-state index in [0.717, 1.165) is 6.07 Å². The van der Waals surface area contributed by atoms with Crippen LogP contribution >= 0.6 is 0 Å². The second kappa shape index (κ2) is 5.84. The maximum Gasteiger partial charge on any atom is 0.257 e. The van der Waals surface area contributed by atoms with Gasteiger partial charge in [-0.2, -0.15) is 0 Å². The highest BCUT2D eigenvalue weighted by atomic mass is 19.1. The number of nitrogen functional groups attached to an aromatic ring is 1. The third kappa shape index (κ3) is 3.17. The normalized spacial score (nSPS) is 9.71. The van der Waals surface area contributed by atoms with Crippen LogP contribution in [0.25, 0.3) is 0 Å². The molecular weight excluding hydrogens is 219 g/mol. The summed E-state index contributed by atoms with van der Waals surface area (Å²) in [5.74, 6) is -1.02. The van der Waals surface area contributed by atoms with E-state index in [1.807, 2.05) is 0 Å². The molecule has 17 heavy (non-hydrogen) atoms. The van der Waals surface area contributed by atoms with Crippen molar-refractivity contribution in [3.05, 3.63) is 54.9 Å². The number of halogens is 1. The first kappa shape index (κ1) is 13.0. The Hall–Kier alpha value is -2.10. The minimum Gasteiger partial charge on any atom is -0.399 e. The fraction of sp³-hybridized carbons (Fsp3) is 0.154. The molecule has 1 rings (SSSR count). The van der Waals surface area contributed by atoms with Gasteiger partial charge in [0.15, 0.2) is 0 Å². The minimum atomic E-state index is -0.617. The third-order valence-corrected chi connectivity index (χ3v) is 2.21. The van der Waals surface area contributed by atoms with Crippen LogP contribution in [0.15, 0.2) is 43.5 Å². The van der Waals surface area contributed by atoms with Crippen LogP contribution < -0.4 is 5.73 Å². The number of rotatable bonds is 5. The molecule has 0 atom stereocenters. The number of amides is 1. The van der Waals surface area contributed by atoms with Crippen LogP contribution in [0.4, 0.5) is 10.1 Å². The van der Waals surface area contributed by atoms with Gasteiger partial charge in [-0.05, 0) is 18.2 Å². The summed E-state index contributed by atoms with van der Waals surface area (Å²) in [6.07, 6.45) is 3.16. The number of benzene rings is 1. The van der Waals surface area contributed by atoms with Gasteiger partial charge in [0.25, 0.3) is 5.91 Å². The second-order valence-electron chi connectivity index (χ2n) is 3.53. The van der Waals surface area contributed by atoms with E-state index in [4.69, 9.17) is 5.73 Å². The second-order valence-corrected chi connectivity index (χ2v) is 3.53. The van der Waals surface area contributed by atoms with E-state index < -0.39 is 11.7 Å². The maximum absolute atomic E-state index is 13.6. The summed E-state index contributed by atoms with van der Waals surface area (Å²) < 4.78 is 13.6. The molecule has 0 radical (unpaired) electrons. The molecule has 4 heteroatoms. The first-order valence-corrected chi connectivity index (χ1v) is 5.16. The molecule has 0 aromatic heterocycles. The van der Waals surface area contributed by atoms with Crippen LogP contribution in [0, 0.1) is 5.82 Å². The average molecular weight is 234 g/mol. The van der Waals surface area contributed by atoms with Crippen LogP contribution in [-0.2, 0) is 0 Å². The number of hydrogen-bond donors (Lipinski definition) is 1. The number of carbonyl (C=O) groups excluding carboxylic acids is 1. The third-order valence-electron chi connectivity index (χ3n) is 2.21. The predicted octanol–water partition coefficient (Wildman–Crippen LogP) is 2.22. The minimum absolute atomic E-state index is 0.00269. The van der Waals surface area contributed by atoms with Crippen molar-refractivity contribution in [1.82, 2.24) is 4.90 Å². The molecule has 0 spiro atoms. The molecule has 0 aliphatic heterocycles. The van der Waals surface area contributed by atoms with Gasteiger partial charge < -0.3 is 10.6 Å². The topological polar surface area (TPSA) is 46.3 Å². The lowest BCUT2D eigenvalue weighted by atomic mass is 10.1. The lowest BCUT2D eigenvalue weighted by molar-refractivity contribution is 0.0786. The van der Waals surface area contributed by atoms with Crippen LogP contribution in [-0.4, -0.2) is 23.9 Å². The van der Waals surface area contributed by atoms with E-state index in [2.05, 4.69) is 13.2 Å². The SMILES string of the molecule is C=CCN(CC=C)C(=O)c1ccc(N)cc1F. The lowest BCUT2D eigenvalue weighted by Crippen LogP contribution is -2.31. The van der Waals surface area contributed by atoms with E-state index in [-0.39, 0.29) is 11.3 Å². The molecule has 0 heterocycles. The number of carbonyl (C=O) groups is 1. The van der Waals surface area contributed by atoms with Gasteiger partial charge in [0.2, 0.25) is 0 Å². The summed E-state index contributed by atoms with van der Waals surface area (Å²) in [5, 5.41) is 0. The fourth-order valence-corrected chi connectivity index (χ4v) is 1.43. The molecule has 0 aliphatic carbocycles. The van der Waals surface area contributed by atoms with E-state index in [1.165, 1.54) is 17.0 Å². The Balaban J connectivity index is 2.99. The summed E-state index contributed by atoms with van der Waals surface area (Å²) in [4.78, 5) is 13.4. The largest absolute Gasteiger partial charge is 0.399 e. The highest BCUT2D eigenvalue weighted by Crippen LogP contribution is 2.14. The van der Waals surface area contributed by atoms with Gasteiger partial charge in [0.05, 0.1) is 5.56 Å². The predicted molar refractivity (Wildman–Crippen MR) is 67.1 cm³/mol. The Morgan fingerprint density at radius 3 is 2.41 bits per heavy atom. The number of nitrogens with two attached hydrogens (primary N) is 1. The molecule has 0 fully saturated rings. The zero-order chi connectivity index (χ0) is 12.8. The molecule has 3 nitrogen and oxygen atoms in total. The maximum atomic E-state index is 13.6. The van der Waals surface area contributed by atoms with Gasteiger partial charge in [-0.15, -0.1) is 13.2 Å². The molecular formula is C13H15FN2O. The van der Waals surface area contributed by atoms with Gasteiger partial charge in [0.1, 0.15) is 5.82 Å². The Labute approximate surface area is 100 Å². The van der Waals surface area contributed by atoms with Crippen molar-refractivity contribution in [3.8, 4) is 0 Å². The van der Waals surface area contributed by atoms with Crippen LogP contribution in [0.1, 0.15) is 10.4 Å². The highest BCUT2D eigenvalue weighted by Gasteiger charge is 2.17. The van der Waals surface area contributed by atoms with Gasteiger partial charge in [-0.3, -0.25) is 4.79 Å². The van der Waals surface area contributed by atoms with Gasteiger partial charge in [-0.1, -0.05) is 12.2 Å². The standard InChI is InChI=1S/C13H15FN2O/c1-3-7-16(8-4-2)13(17)11-6-5-10(15)9-12(11)14/h3-6,9H,1-2,7-8,15H2. The van der Waals surface area contributed by atoms with Gasteiger partial charge >= 0.3 is 0 Å². The summed E-state index contributed by atoms with van der Waals surface area (Å²) in [6, 6.07) is 4.01. The summed E-state index contributed by atoms with van der Waals surface area (Å²) in [5.41, 5.74) is 5.72. The molecule has 0 aliphatic rings. The van der Waals surface area contributed by atoms with Crippen molar-refractivity contribution in [2.45, 2.75) is 0 Å². The monoisotopic (exact) mass is 234 g/mol. The van der Waals surface area contributed by atoms with Crippen molar-refractivity contribution in [2.75, 3.05) is 18.8 Å². The quantitative estimate of drug-likeness (QED) is 0.627. The van der Waals surface area contributed by atoms with Crippen molar-refractivity contribution < 1.29 is 9.18 Å². The Morgan fingerprint density at radius 2 is 1.94 bits per heavy atom. The molecule has 0 bridgehead atoms. The summed E-state index contributed by atoms with van der Waals surface area (Å²) >= 11 is 0. The summed E-state index contributed by atoms with van der Waals surface area (Å²) in [6.45, 7) is 7.79. The number of hydrogen-bond acceptors (Lipinski definition) is 2. The van der Waals surface area contributed by atoms with E-state index >= 15 is 0 Å². The van der Waals surface area contributed by atoms with Crippen LogP contribution in [0.5, 0.6) is 0 Å². The van der Waals surface area contributed by atoms with E-state index in [9.17, 15) is 9.18 Å². The molecule has 2 N–H and O–H groups in total. The molecule has 1 aromatic carbocycles. The smallest absolute Gasteiger partial charge is 0.257 e. The zero-order valence-corrected chi connectivity index (χ0v) is 9.53. The van der Waals surface area contributed by atoms with Crippen molar-refractivity contribution in [3.63, 3.8) is 0 Å². The first-order chi connectivity index (χ1) is 8.10. The molecule has 0 unspecified atom stereocenters. The molecule has 0 saturated heterocycles. The van der Waals surface area contributed by atoms with Crippen molar-refractivity contribution in [1.29, 1.82) is 0 Å². The number of nitrogens with zero attached hydrogens (tertiary/aromatic N) is 1. The van der Waals surface area contributed by atoms with Crippen molar-refractivity contribution >= 4 is 11.6 Å². The summed E-state index contributed by atoms with van der Waals surface area (Å²) in [7, 11) is 0. The molecule has 1 amide bonds. The Bertz CT molecular complexity index is 433. The molecule has 0 saturated carbocycles. The lowest BCUT2D eigenvalue weighted by Gasteiger charge is -2.19. The number of anilines is 1. The fourth-order valence-electron chi connectivity index (χ4n) is 1.43. The zero-order valence-electron chi connectivity index (χ0n) is 9.53. The van der Waals surface area contributed by atoms with Gasteiger partial charge in [0, 0.05) is 18.8 Å². The molecule has 90 valence electrons. The van der Waals surface area contributed by atoms with E-state index in [1.54, 1.807) is 12.2 Å². The molecule has 1 aromatic rings. The average Bonchev–Trinajstić information content (AvgIpc) is 2.28.